The van der Waals surface area contributed by atoms with Gasteiger partial charge in [0.1, 0.15) is 5.65 Å². The second kappa shape index (κ2) is 5.70. The molecule has 0 spiro atoms. The van der Waals surface area contributed by atoms with Crippen molar-refractivity contribution >= 4 is 44.5 Å². The van der Waals surface area contributed by atoms with Gasteiger partial charge in [-0.05, 0) is 18.2 Å². The Balaban J connectivity index is 2.32. The second-order valence-electron chi connectivity index (χ2n) is 4.77. The van der Waals surface area contributed by atoms with E-state index in [0.717, 1.165) is 9.86 Å². The van der Waals surface area contributed by atoms with E-state index in [1.165, 1.54) is 4.57 Å². The number of anilines is 1. The molecule has 0 saturated heterocycles. The largest absolute Gasteiger partial charge is 0.357 e. The molecule has 0 bridgehead atoms. The first-order chi connectivity index (χ1) is 10.5. The zero-order valence-electron chi connectivity index (χ0n) is 11.9. The summed E-state index contributed by atoms with van der Waals surface area (Å²) in [5.74, 6) is 0.469. The lowest BCUT2D eigenvalue weighted by Gasteiger charge is -2.10. The van der Waals surface area contributed by atoms with Gasteiger partial charge in [-0.1, -0.05) is 33.6 Å². The topological polar surface area (TPSA) is 59.8 Å². The number of nitrogens with one attached hydrogen (secondary N) is 1. The minimum atomic E-state index is -0.155. The first-order valence-electron chi connectivity index (χ1n) is 6.51. The Labute approximate surface area is 140 Å². The highest BCUT2D eigenvalue weighted by Crippen LogP contribution is 2.29. The summed E-state index contributed by atoms with van der Waals surface area (Å²) in [5.41, 5.74) is 1.62. The average molecular weight is 380 g/mol. The number of pyridine rings is 1. The Morgan fingerprint density at radius 1 is 1.27 bits per heavy atom. The molecule has 3 rings (SSSR count). The molecule has 2 aromatic heterocycles. The molecule has 0 saturated carbocycles. The summed E-state index contributed by atoms with van der Waals surface area (Å²) in [7, 11) is 3.42. The number of hydrogen-bond donors (Lipinski definition) is 1. The second-order valence-corrected chi connectivity index (χ2v) is 6.09. The molecule has 0 aliphatic rings. The van der Waals surface area contributed by atoms with Gasteiger partial charge in [-0.25, -0.2) is 4.98 Å². The number of hydrogen-bond acceptors (Lipinski definition) is 4. The van der Waals surface area contributed by atoms with Crippen molar-refractivity contribution in [3.63, 3.8) is 0 Å². The third-order valence-electron chi connectivity index (χ3n) is 3.39. The van der Waals surface area contributed by atoms with Crippen LogP contribution in [-0.4, -0.2) is 21.6 Å². The molecule has 0 fully saturated rings. The van der Waals surface area contributed by atoms with Gasteiger partial charge in [-0.3, -0.25) is 9.36 Å². The number of halogens is 2. The van der Waals surface area contributed by atoms with E-state index in [4.69, 9.17) is 11.6 Å². The molecule has 0 radical (unpaired) electrons. The highest BCUT2D eigenvalue weighted by atomic mass is 79.9. The number of aryl methyl sites for hydroxylation is 1. The van der Waals surface area contributed by atoms with Crippen LogP contribution in [0.15, 0.2) is 39.7 Å². The molecule has 0 atom stereocenters. The van der Waals surface area contributed by atoms with E-state index in [2.05, 4.69) is 31.2 Å². The van der Waals surface area contributed by atoms with Gasteiger partial charge in [-0.2, -0.15) is 4.98 Å². The van der Waals surface area contributed by atoms with E-state index >= 15 is 0 Å². The van der Waals surface area contributed by atoms with E-state index in [0.29, 0.717) is 27.7 Å². The lowest BCUT2D eigenvalue weighted by molar-refractivity contribution is 0.886. The van der Waals surface area contributed by atoms with Crippen LogP contribution >= 0.6 is 27.5 Å². The molecule has 2 heterocycles. The lowest BCUT2D eigenvalue weighted by Crippen LogP contribution is -2.20. The fourth-order valence-electron chi connectivity index (χ4n) is 2.27. The standard InChI is InChI=1S/C15H12BrClN4O/c1-18-15-19-7-8-5-11(14(22)21(2)13(8)20-15)10-4-3-9(16)6-12(10)17/h3-7H,1-2H3,(H,18,19,20). The van der Waals surface area contributed by atoms with Crippen LogP contribution in [0.1, 0.15) is 0 Å². The summed E-state index contributed by atoms with van der Waals surface area (Å²) in [6, 6.07) is 7.20. The molecule has 0 amide bonds. The Morgan fingerprint density at radius 3 is 2.73 bits per heavy atom. The molecule has 1 aromatic carbocycles. The molecule has 5 nitrogen and oxygen atoms in total. The molecule has 3 aromatic rings. The molecule has 112 valence electrons. The molecule has 22 heavy (non-hydrogen) atoms. The van der Waals surface area contributed by atoms with Gasteiger partial charge in [0.05, 0.1) is 0 Å². The zero-order chi connectivity index (χ0) is 15.9. The van der Waals surface area contributed by atoms with Gasteiger partial charge in [0.25, 0.3) is 5.56 Å². The van der Waals surface area contributed by atoms with Gasteiger partial charge in [0.15, 0.2) is 0 Å². The monoisotopic (exact) mass is 378 g/mol. The lowest BCUT2D eigenvalue weighted by atomic mass is 10.1. The van der Waals surface area contributed by atoms with Gasteiger partial charge < -0.3 is 5.32 Å². The van der Waals surface area contributed by atoms with E-state index in [1.807, 2.05) is 12.1 Å². The molecule has 0 aliphatic heterocycles. The van der Waals surface area contributed by atoms with Crippen LogP contribution in [0.5, 0.6) is 0 Å². The van der Waals surface area contributed by atoms with Gasteiger partial charge >= 0.3 is 0 Å². The van der Waals surface area contributed by atoms with E-state index in [1.54, 1.807) is 32.4 Å². The Kier molecular flexibility index (Phi) is 3.88. The third-order valence-corrected chi connectivity index (χ3v) is 4.20. The summed E-state index contributed by atoms with van der Waals surface area (Å²) in [6.07, 6.45) is 1.68. The fourth-order valence-corrected chi connectivity index (χ4v) is 3.04. The van der Waals surface area contributed by atoms with Crippen LogP contribution in [0.2, 0.25) is 5.02 Å². The first-order valence-corrected chi connectivity index (χ1v) is 7.68. The maximum Gasteiger partial charge on any atom is 0.259 e. The zero-order valence-corrected chi connectivity index (χ0v) is 14.2. The van der Waals surface area contributed by atoms with Crippen LogP contribution in [-0.2, 0) is 7.05 Å². The van der Waals surface area contributed by atoms with E-state index in [-0.39, 0.29) is 5.56 Å². The van der Waals surface area contributed by atoms with Crippen molar-refractivity contribution in [3.05, 3.63) is 50.3 Å². The number of nitrogens with zero attached hydrogens (tertiary/aromatic N) is 3. The smallest absolute Gasteiger partial charge is 0.259 e. The molecule has 0 aliphatic carbocycles. The number of fused-ring (bicyclic) bond motifs is 1. The quantitative estimate of drug-likeness (QED) is 0.741. The number of benzene rings is 1. The average Bonchev–Trinajstić information content (AvgIpc) is 2.51. The highest BCUT2D eigenvalue weighted by molar-refractivity contribution is 9.10. The fraction of sp³-hybridized carbons (Fsp3) is 0.133. The maximum atomic E-state index is 12.6. The Hall–Kier alpha value is -1.92. The maximum absolute atomic E-state index is 12.6. The van der Waals surface area contributed by atoms with Gasteiger partial charge in [0, 0.05) is 46.3 Å². The molecular weight excluding hydrogens is 368 g/mol. The highest BCUT2D eigenvalue weighted by Gasteiger charge is 2.13. The predicted octanol–water partition coefficient (Wildman–Crippen LogP) is 3.45. The molecule has 1 N–H and O–H groups in total. The SMILES string of the molecule is CNc1ncc2cc(-c3ccc(Br)cc3Cl)c(=O)n(C)c2n1. The van der Waals surface area contributed by atoms with E-state index < -0.39 is 0 Å². The Morgan fingerprint density at radius 2 is 2.05 bits per heavy atom. The molecule has 0 unspecified atom stereocenters. The van der Waals surface area contributed by atoms with Crippen LogP contribution in [0.25, 0.3) is 22.2 Å². The van der Waals surface area contributed by atoms with Crippen LogP contribution < -0.4 is 10.9 Å². The summed E-state index contributed by atoms with van der Waals surface area (Å²) < 4.78 is 2.37. The number of aromatic nitrogens is 3. The van der Waals surface area contributed by atoms with Crippen molar-refractivity contribution in [1.82, 2.24) is 14.5 Å². The molecule has 7 heteroatoms. The number of rotatable bonds is 2. The minimum absolute atomic E-state index is 0.155. The van der Waals surface area contributed by atoms with Gasteiger partial charge in [-0.15, -0.1) is 0 Å². The van der Waals surface area contributed by atoms with Crippen molar-refractivity contribution < 1.29 is 0 Å². The summed E-state index contributed by atoms with van der Waals surface area (Å²) in [5, 5.41) is 4.15. The van der Waals surface area contributed by atoms with Crippen LogP contribution in [0, 0.1) is 0 Å². The van der Waals surface area contributed by atoms with Crippen LogP contribution in [0.4, 0.5) is 5.95 Å². The predicted molar refractivity (Wildman–Crippen MR) is 92.5 cm³/mol. The summed E-state index contributed by atoms with van der Waals surface area (Å²) >= 11 is 9.63. The normalized spacial score (nSPS) is 10.9. The van der Waals surface area contributed by atoms with Crippen molar-refractivity contribution in [2.24, 2.45) is 7.05 Å². The van der Waals surface area contributed by atoms with Crippen LogP contribution in [0.3, 0.4) is 0 Å². The van der Waals surface area contributed by atoms with E-state index in [9.17, 15) is 4.79 Å². The molecular formula is C15H12BrClN4O. The third kappa shape index (κ3) is 2.48. The summed E-state index contributed by atoms with van der Waals surface area (Å²) in [6.45, 7) is 0. The van der Waals surface area contributed by atoms with Crippen molar-refractivity contribution in [2.75, 3.05) is 12.4 Å². The van der Waals surface area contributed by atoms with Crippen molar-refractivity contribution in [1.29, 1.82) is 0 Å². The van der Waals surface area contributed by atoms with Crippen molar-refractivity contribution in [2.45, 2.75) is 0 Å². The summed E-state index contributed by atoms with van der Waals surface area (Å²) in [4.78, 5) is 21.1. The Bertz CT molecular complexity index is 939. The van der Waals surface area contributed by atoms with Gasteiger partial charge in [0.2, 0.25) is 5.95 Å². The van der Waals surface area contributed by atoms with Crippen molar-refractivity contribution in [3.8, 4) is 11.1 Å². The first kappa shape index (κ1) is 15.0. The minimum Gasteiger partial charge on any atom is -0.357 e.